The fourth-order valence-corrected chi connectivity index (χ4v) is 3.74. The largest absolute Gasteiger partial charge is 0.293 e. The molecule has 1 aliphatic rings. The van der Waals surface area contributed by atoms with E-state index in [1.807, 2.05) is 0 Å². The molecule has 8 nitrogen and oxygen atoms in total. The van der Waals surface area contributed by atoms with E-state index in [-0.39, 0.29) is 23.6 Å². The summed E-state index contributed by atoms with van der Waals surface area (Å²) in [5.41, 5.74) is 0.863. The standard InChI is InChI=1S/C16H20FN5O3S/c1-26(24,25)22-8-6-13(7-9-22)15(23)19-16-18-11-21(20-16)10-12-2-4-14(17)5-3-12/h2-5,11,13H,6-10H2,1H3,(H,19,20,23). The smallest absolute Gasteiger partial charge is 0.248 e. The Bertz CT molecular complexity index is 874. The molecule has 2 aromatic rings. The Hall–Kier alpha value is -2.33. The van der Waals surface area contributed by atoms with Crippen LogP contribution in [0, 0.1) is 11.7 Å². The van der Waals surface area contributed by atoms with Gasteiger partial charge in [0.1, 0.15) is 12.1 Å². The quantitative estimate of drug-likeness (QED) is 0.836. The Labute approximate surface area is 151 Å². The summed E-state index contributed by atoms with van der Waals surface area (Å²) < 4.78 is 38.9. The second kappa shape index (κ2) is 7.50. The minimum Gasteiger partial charge on any atom is -0.293 e. The van der Waals surface area contributed by atoms with E-state index in [4.69, 9.17) is 0 Å². The van der Waals surface area contributed by atoms with Crippen LogP contribution < -0.4 is 5.32 Å². The minimum atomic E-state index is -3.21. The van der Waals surface area contributed by atoms with E-state index in [1.54, 1.807) is 16.8 Å². The zero-order chi connectivity index (χ0) is 18.7. The van der Waals surface area contributed by atoms with Crippen LogP contribution in [0.15, 0.2) is 30.6 Å². The number of nitrogens with one attached hydrogen (secondary N) is 1. The first-order valence-corrected chi connectivity index (χ1v) is 10.1. The van der Waals surface area contributed by atoms with E-state index in [1.165, 1.54) is 29.0 Å². The van der Waals surface area contributed by atoms with Crippen molar-refractivity contribution >= 4 is 21.9 Å². The topological polar surface area (TPSA) is 97.2 Å². The highest BCUT2D eigenvalue weighted by Crippen LogP contribution is 2.20. The highest BCUT2D eigenvalue weighted by molar-refractivity contribution is 7.88. The molecule has 10 heteroatoms. The monoisotopic (exact) mass is 381 g/mol. The lowest BCUT2D eigenvalue weighted by Gasteiger charge is -2.29. The van der Waals surface area contributed by atoms with Crippen LogP contribution in [0.25, 0.3) is 0 Å². The lowest BCUT2D eigenvalue weighted by Crippen LogP contribution is -2.41. The van der Waals surface area contributed by atoms with Crippen LogP contribution in [0.2, 0.25) is 0 Å². The number of carbonyl (C=O) groups is 1. The van der Waals surface area contributed by atoms with Gasteiger partial charge in [0.25, 0.3) is 0 Å². The Morgan fingerprint density at radius 2 is 1.92 bits per heavy atom. The molecule has 1 aliphatic heterocycles. The fraction of sp³-hybridized carbons (Fsp3) is 0.438. The normalized spacial score (nSPS) is 16.5. The van der Waals surface area contributed by atoms with Gasteiger partial charge in [-0.15, -0.1) is 5.10 Å². The minimum absolute atomic E-state index is 0.197. The van der Waals surface area contributed by atoms with Crippen LogP contribution in [0.5, 0.6) is 0 Å². The zero-order valence-electron chi connectivity index (χ0n) is 14.3. The van der Waals surface area contributed by atoms with Gasteiger partial charge in [-0.25, -0.2) is 26.8 Å². The van der Waals surface area contributed by atoms with Gasteiger partial charge in [-0.1, -0.05) is 12.1 Å². The Balaban J connectivity index is 1.54. The van der Waals surface area contributed by atoms with Gasteiger partial charge in [-0.3, -0.25) is 10.1 Å². The van der Waals surface area contributed by atoms with Gasteiger partial charge < -0.3 is 0 Å². The van der Waals surface area contributed by atoms with Gasteiger partial charge in [0.15, 0.2) is 0 Å². The summed E-state index contributed by atoms with van der Waals surface area (Å²) in [7, 11) is -3.21. The molecule has 3 rings (SSSR count). The summed E-state index contributed by atoms with van der Waals surface area (Å²) in [6.45, 7) is 1.09. The number of benzene rings is 1. The maximum absolute atomic E-state index is 12.9. The lowest BCUT2D eigenvalue weighted by atomic mass is 9.97. The number of halogens is 1. The summed E-state index contributed by atoms with van der Waals surface area (Å²) in [6, 6.07) is 6.06. The van der Waals surface area contributed by atoms with Gasteiger partial charge in [0.2, 0.25) is 21.9 Å². The SMILES string of the molecule is CS(=O)(=O)N1CCC(C(=O)Nc2ncn(Cc3ccc(F)cc3)n2)CC1. The van der Waals surface area contributed by atoms with E-state index in [2.05, 4.69) is 15.4 Å². The third-order valence-electron chi connectivity index (χ3n) is 4.32. The molecule has 1 aromatic heterocycles. The van der Waals surface area contributed by atoms with E-state index >= 15 is 0 Å². The molecule has 0 atom stereocenters. The van der Waals surface area contributed by atoms with Gasteiger partial charge in [0, 0.05) is 19.0 Å². The first-order valence-electron chi connectivity index (χ1n) is 8.21. The molecule has 0 radical (unpaired) electrons. The number of piperidine rings is 1. The van der Waals surface area contributed by atoms with E-state index < -0.39 is 10.0 Å². The van der Waals surface area contributed by atoms with Gasteiger partial charge in [-0.05, 0) is 30.5 Å². The van der Waals surface area contributed by atoms with Gasteiger partial charge >= 0.3 is 0 Å². The van der Waals surface area contributed by atoms with Crippen molar-refractivity contribution in [2.24, 2.45) is 5.92 Å². The fourth-order valence-electron chi connectivity index (χ4n) is 2.87. The van der Waals surface area contributed by atoms with E-state index in [0.717, 1.165) is 5.56 Å². The Morgan fingerprint density at radius 1 is 1.27 bits per heavy atom. The Kier molecular flexibility index (Phi) is 5.33. The van der Waals surface area contributed by atoms with Crippen LogP contribution in [0.1, 0.15) is 18.4 Å². The van der Waals surface area contributed by atoms with Crippen LogP contribution in [0.4, 0.5) is 10.3 Å². The highest BCUT2D eigenvalue weighted by Gasteiger charge is 2.29. The molecule has 1 fully saturated rings. The molecule has 1 amide bonds. The van der Waals surface area contributed by atoms with Gasteiger partial charge in [-0.2, -0.15) is 0 Å². The number of aromatic nitrogens is 3. The summed E-state index contributed by atoms with van der Waals surface area (Å²) >= 11 is 0. The number of carbonyl (C=O) groups excluding carboxylic acids is 1. The molecule has 140 valence electrons. The molecule has 1 saturated heterocycles. The average molecular weight is 381 g/mol. The molecule has 26 heavy (non-hydrogen) atoms. The molecule has 0 spiro atoms. The number of amides is 1. The number of hydrogen-bond acceptors (Lipinski definition) is 5. The molecule has 1 N–H and O–H groups in total. The number of hydrogen-bond donors (Lipinski definition) is 1. The van der Waals surface area contributed by atoms with Crippen LogP contribution in [-0.4, -0.2) is 52.7 Å². The van der Waals surface area contributed by atoms with Crippen molar-refractivity contribution in [3.63, 3.8) is 0 Å². The molecule has 2 heterocycles. The predicted molar refractivity (Wildman–Crippen MR) is 93.3 cm³/mol. The zero-order valence-corrected chi connectivity index (χ0v) is 15.1. The molecule has 0 aliphatic carbocycles. The van der Waals surface area contributed by atoms with Crippen LogP contribution in [-0.2, 0) is 21.4 Å². The van der Waals surface area contributed by atoms with E-state index in [9.17, 15) is 17.6 Å². The van der Waals surface area contributed by atoms with Crippen LogP contribution in [0.3, 0.4) is 0 Å². The first-order chi connectivity index (χ1) is 12.3. The van der Waals surface area contributed by atoms with Crippen molar-refractivity contribution in [2.45, 2.75) is 19.4 Å². The Morgan fingerprint density at radius 3 is 2.54 bits per heavy atom. The van der Waals surface area contributed by atoms with E-state index in [0.29, 0.717) is 32.5 Å². The first kappa shape index (κ1) is 18.5. The second-order valence-corrected chi connectivity index (χ2v) is 8.30. The lowest BCUT2D eigenvalue weighted by molar-refractivity contribution is -0.121. The molecule has 0 unspecified atom stereocenters. The predicted octanol–water partition coefficient (Wildman–Crippen LogP) is 1.08. The molecular formula is C16H20FN5O3S. The van der Waals surface area contributed by atoms with Crippen LogP contribution >= 0.6 is 0 Å². The molecule has 0 bridgehead atoms. The average Bonchev–Trinajstić information content (AvgIpc) is 3.03. The summed E-state index contributed by atoms with van der Waals surface area (Å²) in [4.78, 5) is 16.4. The van der Waals surface area contributed by atoms with Crippen molar-refractivity contribution in [2.75, 3.05) is 24.7 Å². The summed E-state index contributed by atoms with van der Waals surface area (Å²) in [5.74, 6) is -0.584. The maximum Gasteiger partial charge on any atom is 0.248 e. The molecule has 1 aromatic carbocycles. The second-order valence-electron chi connectivity index (χ2n) is 6.32. The van der Waals surface area contributed by atoms with Crippen molar-refractivity contribution < 1.29 is 17.6 Å². The van der Waals surface area contributed by atoms with Gasteiger partial charge in [0.05, 0.1) is 12.8 Å². The van der Waals surface area contributed by atoms with Crippen molar-refractivity contribution in [3.05, 3.63) is 42.0 Å². The summed E-state index contributed by atoms with van der Waals surface area (Å²) in [6.07, 6.45) is 3.60. The molecule has 0 saturated carbocycles. The number of rotatable bonds is 5. The molecular weight excluding hydrogens is 361 g/mol. The maximum atomic E-state index is 12.9. The van der Waals surface area contributed by atoms with Crippen molar-refractivity contribution in [3.8, 4) is 0 Å². The number of sulfonamides is 1. The van der Waals surface area contributed by atoms with Crippen molar-refractivity contribution in [1.29, 1.82) is 0 Å². The highest BCUT2D eigenvalue weighted by atomic mass is 32.2. The number of anilines is 1. The third-order valence-corrected chi connectivity index (χ3v) is 5.63. The third kappa shape index (κ3) is 4.64. The summed E-state index contributed by atoms with van der Waals surface area (Å²) in [5, 5.41) is 6.86. The van der Waals surface area contributed by atoms with Crippen molar-refractivity contribution in [1.82, 2.24) is 19.1 Å². The number of nitrogens with zero attached hydrogens (tertiary/aromatic N) is 4.